The molecule has 2 aromatic rings. The van der Waals surface area contributed by atoms with Crippen LogP contribution in [-0.4, -0.2) is 36.1 Å². The summed E-state index contributed by atoms with van der Waals surface area (Å²) < 4.78 is 10.5. The number of methoxy groups -OCH3 is 2. The fourth-order valence-corrected chi connectivity index (χ4v) is 2.32. The molecule has 0 saturated heterocycles. The molecule has 0 radical (unpaired) electrons. The van der Waals surface area contributed by atoms with E-state index in [1.807, 2.05) is 0 Å². The maximum absolute atomic E-state index is 11.9. The highest BCUT2D eigenvalue weighted by molar-refractivity contribution is 6.32. The van der Waals surface area contributed by atoms with Crippen molar-refractivity contribution < 1.29 is 14.3 Å². The molecule has 0 unspecified atom stereocenters. The molecule has 1 saturated carbocycles. The average Bonchev–Trinajstić information content (AvgIpc) is 3.40. The van der Waals surface area contributed by atoms with E-state index in [1.54, 1.807) is 12.1 Å². The number of rotatable bonds is 6. The lowest BCUT2D eigenvalue weighted by Crippen LogP contribution is -2.25. The van der Waals surface area contributed by atoms with Crippen LogP contribution in [0, 0.1) is 0 Å². The van der Waals surface area contributed by atoms with Crippen LogP contribution in [0.4, 0.5) is 11.6 Å². The predicted molar refractivity (Wildman–Crippen MR) is 90.4 cm³/mol. The zero-order chi connectivity index (χ0) is 17.1. The SMILES string of the molecule is COc1cc(Nc2ncc(C(=O)NC3CC3)cn2)c(OC)cc1Cl. The molecule has 1 fully saturated rings. The number of benzene rings is 1. The van der Waals surface area contributed by atoms with Gasteiger partial charge in [0.2, 0.25) is 5.95 Å². The number of carbonyl (C=O) groups excluding carboxylic acids is 1. The number of nitrogens with zero attached hydrogens (tertiary/aromatic N) is 2. The van der Waals surface area contributed by atoms with Gasteiger partial charge in [-0.2, -0.15) is 0 Å². The summed E-state index contributed by atoms with van der Waals surface area (Å²) >= 11 is 6.08. The van der Waals surface area contributed by atoms with Gasteiger partial charge < -0.3 is 20.1 Å². The Kier molecular flexibility index (Phi) is 4.71. The number of aromatic nitrogens is 2. The van der Waals surface area contributed by atoms with E-state index in [9.17, 15) is 4.79 Å². The second-order valence-corrected chi connectivity index (χ2v) is 5.76. The second kappa shape index (κ2) is 6.92. The van der Waals surface area contributed by atoms with E-state index in [4.69, 9.17) is 21.1 Å². The van der Waals surface area contributed by atoms with Gasteiger partial charge in [0.15, 0.2) is 0 Å². The van der Waals surface area contributed by atoms with Gasteiger partial charge in [-0.15, -0.1) is 0 Å². The summed E-state index contributed by atoms with van der Waals surface area (Å²) in [6.07, 6.45) is 5.02. The third-order valence-electron chi connectivity index (χ3n) is 3.55. The predicted octanol–water partition coefficient (Wildman–Crippen LogP) is 2.78. The summed E-state index contributed by atoms with van der Waals surface area (Å²) in [4.78, 5) is 20.3. The van der Waals surface area contributed by atoms with Crippen molar-refractivity contribution in [3.8, 4) is 11.5 Å². The third-order valence-corrected chi connectivity index (χ3v) is 3.84. The maximum atomic E-state index is 11.9. The zero-order valence-electron chi connectivity index (χ0n) is 13.3. The summed E-state index contributed by atoms with van der Waals surface area (Å²) in [5.74, 6) is 1.20. The van der Waals surface area contributed by atoms with Gasteiger partial charge in [-0.1, -0.05) is 11.6 Å². The molecule has 1 amide bonds. The van der Waals surface area contributed by atoms with Gasteiger partial charge in [0.25, 0.3) is 5.91 Å². The van der Waals surface area contributed by atoms with Crippen LogP contribution in [0.25, 0.3) is 0 Å². The monoisotopic (exact) mass is 348 g/mol. The lowest BCUT2D eigenvalue weighted by molar-refractivity contribution is 0.0950. The Morgan fingerprint density at radius 1 is 1.17 bits per heavy atom. The Morgan fingerprint density at radius 2 is 1.83 bits per heavy atom. The summed E-state index contributed by atoms with van der Waals surface area (Å²) in [6, 6.07) is 3.62. The van der Waals surface area contributed by atoms with Gasteiger partial charge in [-0.3, -0.25) is 4.79 Å². The summed E-state index contributed by atoms with van der Waals surface area (Å²) in [5.41, 5.74) is 1.03. The fraction of sp³-hybridized carbons (Fsp3) is 0.312. The van der Waals surface area contributed by atoms with Crippen LogP contribution in [0.5, 0.6) is 11.5 Å². The van der Waals surface area contributed by atoms with Gasteiger partial charge in [-0.25, -0.2) is 9.97 Å². The minimum absolute atomic E-state index is 0.158. The molecule has 0 aliphatic heterocycles. The molecule has 1 aliphatic rings. The highest BCUT2D eigenvalue weighted by atomic mass is 35.5. The first kappa shape index (κ1) is 16.3. The van der Waals surface area contributed by atoms with Crippen LogP contribution in [0.2, 0.25) is 5.02 Å². The van der Waals surface area contributed by atoms with E-state index in [0.717, 1.165) is 12.8 Å². The van der Waals surface area contributed by atoms with Crippen LogP contribution in [0.15, 0.2) is 24.5 Å². The van der Waals surface area contributed by atoms with Gasteiger partial charge in [0.05, 0.1) is 30.5 Å². The standard InChI is InChI=1S/C16H17ClN4O3/c1-23-13-6-12(14(24-2)5-11(13)17)21-16-18-7-9(8-19-16)15(22)20-10-3-4-10/h5-8,10H,3-4H2,1-2H3,(H,20,22)(H,18,19,21). The van der Waals surface area contributed by atoms with Gasteiger partial charge >= 0.3 is 0 Å². The Labute approximate surface area is 144 Å². The number of ether oxygens (including phenoxy) is 2. The molecule has 1 aliphatic carbocycles. The van der Waals surface area contributed by atoms with Crippen molar-refractivity contribution in [2.75, 3.05) is 19.5 Å². The Bertz CT molecular complexity index is 748. The molecule has 1 aromatic carbocycles. The molecule has 3 rings (SSSR count). The molecule has 2 N–H and O–H groups in total. The quantitative estimate of drug-likeness (QED) is 0.835. The lowest BCUT2D eigenvalue weighted by Gasteiger charge is -2.13. The topological polar surface area (TPSA) is 85.4 Å². The average molecular weight is 349 g/mol. The van der Waals surface area contributed by atoms with Crippen LogP contribution >= 0.6 is 11.6 Å². The molecule has 7 nitrogen and oxygen atoms in total. The first-order chi connectivity index (χ1) is 11.6. The largest absolute Gasteiger partial charge is 0.495 e. The van der Waals surface area contributed by atoms with E-state index in [-0.39, 0.29) is 5.91 Å². The molecule has 0 atom stereocenters. The molecular weight excluding hydrogens is 332 g/mol. The van der Waals surface area contributed by atoms with Crippen LogP contribution in [0.3, 0.4) is 0 Å². The lowest BCUT2D eigenvalue weighted by atomic mass is 10.2. The molecule has 126 valence electrons. The zero-order valence-corrected chi connectivity index (χ0v) is 14.1. The van der Waals surface area contributed by atoms with Gasteiger partial charge in [0, 0.05) is 30.6 Å². The van der Waals surface area contributed by atoms with E-state index in [1.165, 1.54) is 26.6 Å². The third kappa shape index (κ3) is 3.68. The molecular formula is C16H17ClN4O3. The van der Waals surface area contributed by atoms with E-state index < -0.39 is 0 Å². The van der Waals surface area contributed by atoms with Crippen LogP contribution in [0.1, 0.15) is 23.2 Å². The Hall–Kier alpha value is -2.54. The van der Waals surface area contributed by atoms with Crippen molar-refractivity contribution in [2.45, 2.75) is 18.9 Å². The molecule has 0 bridgehead atoms. The molecule has 1 heterocycles. The van der Waals surface area contributed by atoms with Gasteiger partial charge in [-0.05, 0) is 12.8 Å². The smallest absolute Gasteiger partial charge is 0.254 e. The first-order valence-electron chi connectivity index (χ1n) is 7.42. The number of anilines is 2. The van der Waals surface area contributed by atoms with Crippen molar-refractivity contribution in [1.29, 1.82) is 0 Å². The summed E-state index contributed by atoms with van der Waals surface area (Å²) in [7, 11) is 3.07. The number of amides is 1. The van der Waals surface area contributed by atoms with E-state index in [0.29, 0.717) is 39.8 Å². The second-order valence-electron chi connectivity index (χ2n) is 5.36. The minimum atomic E-state index is -0.158. The van der Waals surface area contributed by atoms with Crippen molar-refractivity contribution in [3.63, 3.8) is 0 Å². The molecule has 8 heteroatoms. The Balaban J connectivity index is 1.76. The number of carbonyl (C=O) groups is 1. The number of hydrogen-bond acceptors (Lipinski definition) is 6. The Morgan fingerprint density at radius 3 is 2.42 bits per heavy atom. The highest BCUT2D eigenvalue weighted by Crippen LogP contribution is 2.36. The maximum Gasteiger partial charge on any atom is 0.254 e. The van der Waals surface area contributed by atoms with Crippen molar-refractivity contribution >= 4 is 29.1 Å². The normalized spacial score (nSPS) is 13.3. The summed E-state index contributed by atoms with van der Waals surface area (Å²) in [6.45, 7) is 0. The fourth-order valence-electron chi connectivity index (χ4n) is 2.08. The minimum Gasteiger partial charge on any atom is -0.495 e. The first-order valence-corrected chi connectivity index (χ1v) is 7.80. The highest BCUT2D eigenvalue weighted by Gasteiger charge is 2.24. The molecule has 1 aromatic heterocycles. The number of halogens is 1. The number of nitrogens with one attached hydrogen (secondary N) is 2. The van der Waals surface area contributed by atoms with Crippen molar-refractivity contribution in [3.05, 3.63) is 35.1 Å². The molecule has 24 heavy (non-hydrogen) atoms. The van der Waals surface area contributed by atoms with Crippen molar-refractivity contribution in [2.24, 2.45) is 0 Å². The van der Waals surface area contributed by atoms with Crippen molar-refractivity contribution in [1.82, 2.24) is 15.3 Å². The van der Waals surface area contributed by atoms with E-state index in [2.05, 4.69) is 20.6 Å². The van der Waals surface area contributed by atoms with Gasteiger partial charge in [0.1, 0.15) is 11.5 Å². The summed E-state index contributed by atoms with van der Waals surface area (Å²) in [5, 5.41) is 6.35. The molecule has 0 spiro atoms. The van der Waals surface area contributed by atoms with E-state index >= 15 is 0 Å². The van der Waals surface area contributed by atoms with Crippen LogP contribution < -0.4 is 20.1 Å². The number of hydrogen-bond donors (Lipinski definition) is 2. The van der Waals surface area contributed by atoms with Crippen LogP contribution in [-0.2, 0) is 0 Å².